The molecular formula is C36H48FN3O4. The lowest BCUT2D eigenvalue weighted by atomic mass is 9.81. The minimum atomic E-state index is -1.18. The molecule has 2 heterocycles. The Balaban J connectivity index is 1.79. The van der Waals surface area contributed by atoms with E-state index in [2.05, 4.69) is 18.7 Å². The molecule has 0 radical (unpaired) electrons. The van der Waals surface area contributed by atoms with Crippen molar-refractivity contribution in [1.29, 1.82) is 0 Å². The molecule has 0 amide bonds. The predicted octanol–water partition coefficient (Wildman–Crippen LogP) is 7.45. The van der Waals surface area contributed by atoms with Crippen LogP contribution in [0.25, 0.3) is 11.1 Å². The molecule has 1 fully saturated rings. The van der Waals surface area contributed by atoms with E-state index in [9.17, 15) is 14.3 Å². The standard InChI is InChI=1S/C36H48FN3O4/c1-24-30(26-11-15-28(16-12-26)43-22-17-25-9-13-27(37)14-10-25)32(40-20-18-36(5,6)19-21-40)31(29(38-24)23-39(7)8)33(34(41)42)44-35(2,3)4/h9-16,33H,17-23H2,1-8H3,(H,41,42). The van der Waals surface area contributed by atoms with E-state index < -0.39 is 17.7 Å². The van der Waals surface area contributed by atoms with Crippen LogP contribution >= 0.6 is 0 Å². The van der Waals surface area contributed by atoms with Gasteiger partial charge in [-0.2, -0.15) is 0 Å². The SMILES string of the molecule is Cc1nc(CN(C)C)c(C(OC(C)(C)C)C(=O)O)c(N2CCC(C)(C)CC2)c1-c1ccc(OCCc2ccc(F)cc2)cc1. The van der Waals surface area contributed by atoms with Gasteiger partial charge in [-0.05, 0) is 95.4 Å². The highest BCUT2D eigenvalue weighted by molar-refractivity contribution is 5.88. The molecule has 44 heavy (non-hydrogen) atoms. The molecule has 8 heteroatoms. The van der Waals surface area contributed by atoms with Crippen molar-refractivity contribution < 1.29 is 23.8 Å². The fourth-order valence-corrected chi connectivity index (χ4v) is 5.71. The van der Waals surface area contributed by atoms with Gasteiger partial charge in [0.25, 0.3) is 0 Å². The van der Waals surface area contributed by atoms with Crippen molar-refractivity contribution in [2.45, 2.75) is 79.1 Å². The van der Waals surface area contributed by atoms with Crippen molar-refractivity contribution in [3.63, 3.8) is 0 Å². The fraction of sp³-hybridized carbons (Fsp3) is 0.500. The van der Waals surface area contributed by atoms with Crippen molar-refractivity contribution in [3.8, 4) is 16.9 Å². The van der Waals surface area contributed by atoms with Crippen LogP contribution in [0.5, 0.6) is 5.75 Å². The molecule has 1 saturated heterocycles. The highest BCUT2D eigenvalue weighted by Gasteiger charge is 2.37. The van der Waals surface area contributed by atoms with E-state index in [4.69, 9.17) is 14.5 Å². The molecule has 0 saturated carbocycles. The summed E-state index contributed by atoms with van der Waals surface area (Å²) in [4.78, 5) is 22.3. The summed E-state index contributed by atoms with van der Waals surface area (Å²) in [6, 6.07) is 14.4. The van der Waals surface area contributed by atoms with Gasteiger partial charge in [0.05, 0.1) is 23.6 Å². The maximum atomic E-state index is 13.2. The Morgan fingerprint density at radius 3 is 2.23 bits per heavy atom. The molecule has 1 N–H and O–H groups in total. The Kier molecular flexibility index (Phi) is 10.4. The Bertz CT molecular complexity index is 1420. The van der Waals surface area contributed by atoms with Crippen LogP contribution in [0, 0.1) is 18.2 Å². The monoisotopic (exact) mass is 605 g/mol. The number of hydrogen-bond acceptors (Lipinski definition) is 6. The van der Waals surface area contributed by atoms with Crippen molar-refractivity contribution in [3.05, 3.63) is 76.9 Å². The maximum absolute atomic E-state index is 13.2. The molecule has 3 aromatic rings. The zero-order valence-corrected chi connectivity index (χ0v) is 27.5. The van der Waals surface area contributed by atoms with Gasteiger partial charge in [-0.25, -0.2) is 9.18 Å². The zero-order chi connectivity index (χ0) is 32.2. The molecule has 0 aliphatic carbocycles. The fourth-order valence-electron chi connectivity index (χ4n) is 5.71. The third kappa shape index (κ3) is 8.57. The third-order valence-corrected chi connectivity index (χ3v) is 8.04. The van der Waals surface area contributed by atoms with Crippen molar-refractivity contribution in [1.82, 2.24) is 9.88 Å². The molecule has 1 aliphatic heterocycles. The van der Waals surface area contributed by atoms with Crippen LogP contribution < -0.4 is 9.64 Å². The molecule has 238 valence electrons. The van der Waals surface area contributed by atoms with E-state index in [-0.39, 0.29) is 11.2 Å². The van der Waals surface area contributed by atoms with Gasteiger partial charge in [0, 0.05) is 42.9 Å². The first-order chi connectivity index (χ1) is 20.6. The highest BCUT2D eigenvalue weighted by Crippen LogP contribution is 2.45. The van der Waals surface area contributed by atoms with E-state index in [1.807, 2.05) is 71.0 Å². The number of nitrogens with zero attached hydrogens (tertiary/aromatic N) is 3. The van der Waals surface area contributed by atoms with E-state index in [1.54, 1.807) is 12.1 Å². The summed E-state index contributed by atoms with van der Waals surface area (Å²) in [7, 11) is 3.93. The number of carbonyl (C=O) groups is 1. The van der Waals surface area contributed by atoms with Gasteiger partial charge in [-0.3, -0.25) is 4.98 Å². The maximum Gasteiger partial charge on any atom is 0.337 e. The van der Waals surface area contributed by atoms with Crippen LogP contribution in [0.15, 0.2) is 48.5 Å². The van der Waals surface area contributed by atoms with E-state index in [0.29, 0.717) is 30.8 Å². The minimum absolute atomic E-state index is 0.215. The van der Waals surface area contributed by atoms with Gasteiger partial charge in [0.15, 0.2) is 6.10 Å². The Labute approximate surface area is 262 Å². The van der Waals surface area contributed by atoms with Crippen LogP contribution in [0.4, 0.5) is 10.1 Å². The summed E-state index contributed by atoms with van der Waals surface area (Å²) in [5.74, 6) is -0.549. The largest absolute Gasteiger partial charge is 0.493 e. The lowest BCUT2D eigenvalue weighted by molar-refractivity contribution is -0.160. The quantitative estimate of drug-likeness (QED) is 0.243. The van der Waals surface area contributed by atoms with Crippen molar-refractivity contribution >= 4 is 11.7 Å². The van der Waals surface area contributed by atoms with Gasteiger partial charge in [0.1, 0.15) is 11.6 Å². The van der Waals surface area contributed by atoms with Gasteiger partial charge < -0.3 is 24.4 Å². The molecule has 1 atom stereocenters. The number of benzene rings is 2. The first-order valence-electron chi connectivity index (χ1n) is 15.4. The molecule has 1 unspecified atom stereocenters. The number of aryl methyl sites for hydroxylation is 1. The Hall–Kier alpha value is -3.49. The predicted molar refractivity (Wildman–Crippen MR) is 174 cm³/mol. The summed E-state index contributed by atoms with van der Waals surface area (Å²) >= 11 is 0. The van der Waals surface area contributed by atoms with Crippen LogP contribution in [0.2, 0.25) is 0 Å². The summed E-state index contributed by atoms with van der Waals surface area (Å²) < 4.78 is 25.6. The number of halogens is 1. The molecule has 1 aliphatic rings. The molecule has 0 spiro atoms. The number of piperidine rings is 1. The lowest BCUT2D eigenvalue weighted by Gasteiger charge is -2.41. The number of carboxylic acid groups (broad SMARTS) is 1. The van der Waals surface area contributed by atoms with Gasteiger partial charge in [0.2, 0.25) is 0 Å². The smallest absolute Gasteiger partial charge is 0.337 e. The zero-order valence-electron chi connectivity index (χ0n) is 27.5. The van der Waals surface area contributed by atoms with Crippen LogP contribution in [-0.4, -0.2) is 60.4 Å². The molecule has 7 nitrogen and oxygen atoms in total. The lowest BCUT2D eigenvalue weighted by Crippen LogP contribution is -2.39. The minimum Gasteiger partial charge on any atom is -0.493 e. The summed E-state index contributed by atoms with van der Waals surface area (Å²) in [5.41, 5.74) is 5.48. The summed E-state index contributed by atoms with van der Waals surface area (Å²) in [6.45, 7) is 14.8. The van der Waals surface area contributed by atoms with Crippen molar-refractivity contribution in [2.24, 2.45) is 5.41 Å². The first-order valence-corrected chi connectivity index (χ1v) is 15.4. The van der Waals surface area contributed by atoms with Crippen LogP contribution in [0.3, 0.4) is 0 Å². The average molecular weight is 606 g/mol. The number of rotatable bonds is 11. The second-order valence-corrected chi connectivity index (χ2v) is 13.9. The van der Waals surface area contributed by atoms with Gasteiger partial charge >= 0.3 is 5.97 Å². The Morgan fingerprint density at radius 2 is 1.68 bits per heavy atom. The second-order valence-electron chi connectivity index (χ2n) is 13.9. The normalized spacial score (nSPS) is 15.8. The van der Waals surface area contributed by atoms with Gasteiger partial charge in [-0.15, -0.1) is 0 Å². The van der Waals surface area contributed by atoms with E-state index >= 15 is 0 Å². The number of aromatic nitrogens is 1. The van der Waals surface area contributed by atoms with E-state index in [0.717, 1.165) is 59.8 Å². The van der Waals surface area contributed by atoms with E-state index in [1.165, 1.54) is 12.1 Å². The molecular weight excluding hydrogens is 557 g/mol. The molecule has 2 aromatic carbocycles. The number of hydrogen-bond donors (Lipinski definition) is 1. The Morgan fingerprint density at radius 1 is 1.07 bits per heavy atom. The molecule has 0 bridgehead atoms. The number of ether oxygens (including phenoxy) is 2. The summed E-state index contributed by atoms with van der Waals surface area (Å²) in [6.07, 6.45) is 1.47. The third-order valence-electron chi connectivity index (χ3n) is 8.04. The highest BCUT2D eigenvalue weighted by atomic mass is 19.1. The van der Waals surface area contributed by atoms with Gasteiger partial charge in [-0.1, -0.05) is 38.1 Å². The van der Waals surface area contributed by atoms with Crippen molar-refractivity contribution in [2.75, 3.05) is 38.7 Å². The summed E-state index contributed by atoms with van der Waals surface area (Å²) in [5, 5.41) is 10.6. The number of anilines is 1. The molecule has 4 rings (SSSR count). The first kappa shape index (κ1) is 33.4. The molecule has 1 aromatic heterocycles. The van der Waals surface area contributed by atoms with Crippen LogP contribution in [-0.2, 0) is 22.5 Å². The topological polar surface area (TPSA) is 75.1 Å². The second kappa shape index (κ2) is 13.7. The van der Waals surface area contributed by atoms with Crippen LogP contribution in [0.1, 0.15) is 76.1 Å². The average Bonchev–Trinajstić information content (AvgIpc) is 2.92. The number of aliphatic carboxylic acids is 1. The number of carboxylic acids is 1. The number of pyridine rings is 1.